The second-order valence-corrected chi connectivity index (χ2v) is 10.2. The van der Waals surface area contributed by atoms with Gasteiger partial charge < -0.3 is 9.16 Å². The van der Waals surface area contributed by atoms with Gasteiger partial charge in [0.05, 0.1) is 13.2 Å². The van der Waals surface area contributed by atoms with Crippen molar-refractivity contribution >= 4 is 14.3 Å². The average Bonchev–Trinajstić information content (AvgIpc) is 3.02. The molecule has 0 bridgehead atoms. The molecule has 1 fully saturated rings. The lowest BCUT2D eigenvalue weighted by Gasteiger charge is -2.21. The molecule has 4 heteroatoms. The zero-order valence-electron chi connectivity index (χ0n) is 11.4. The van der Waals surface area contributed by atoms with Crippen molar-refractivity contribution in [1.82, 2.24) is 0 Å². The first-order valence-electron chi connectivity index (χ1n) is 6.22. The summed E-state index contributed by atoms with van der Waals surface area (Å²) in [5.41, 5.74) is 0.427. The minimum absolute atomic E-state index is 0.0287. The zero-order chi connectivity index (χ0) is 13.4. The molecule has 2 unspecified atom stereocenters. The van der Waals surface area contributed by atoms with E-state index in [9.17, 15) is 4.79 Å². The third-order valence-corrected chi connectivity index (χ3v) is 4.22. The molecule has 1 saturated carbocycles. The van der Waals surface area contributed by atoms with E-state index in [1.807, 2.05) is 30.3 Å². The number of esters is 1. The predicted molar refractivity (Wildman–Crippen MR) is 73.0 cm³/mol. The molecule has 0 heterocycles. The molecule has 2 rings (SSSR count). The molecule has 1 aliphatic rings. The lowest BCUT2D eigenvalue weighted by Crippen LogP contribution is -2.33. The van der Waals surface area contributed by atoms with Crippen molar-refractivity contribution in [2.24, 2.45) is 0 Å². The van der Waals surface area contributed by atoms with Crippen molar-refractivity contribution in [3.05, 3.63) is 35.9 Å². The van der Waals surface area contributed by atoms with E-state index in [-0.39, 0.29) is 12.1 Å². The lowest BCUT2D eigenvalue weighted by atomic mass is 9.96. The number of rotatable bonds is 4. The topological polar surface area (TPSA) is 35.5 Å². The van der Waals surface area contributed by atoms with Gasteiger partial charge in [-0.25, -0.2) is 0 Å². The van der Waals surface area contributed by atoms with Crippen LogP contribution in [0.1, 0.15) is 12.0 Å². The molecule has 1 aromatic carbocycles. The monoisotopic (exact) mass is 264 g/mol. The highest BCUT2D eigenvalue weighted by molar-refractivity contribution is 6.69. The van der Waals surface area contributed by atoms with E-state index in [2.05, 4.69) is 19.6 Å². The SMILES string of the molecule is COC(=O)C1(c2ccccc2)CC1O[Si](C)(C)C. The Bertz CT molecular complexity index is 438. The molecule has 0 aromatic heterocycles. The Morgan fingerprint density at radius 2 is 1.89 bits per heavy atom. The zero-order valence-corrected chi connectivity index (χ0v) is 12.4. The van der Waals surface area contributed by atoms with E-state index in [1.165, 1.54) is 7.11 Å². The smallest absolute Gasteiger partial charge is 0.319 e. The summed E-state index contributed by atoms with van der Waals surface area (Å²) in [6, 6.07) is 9.80. The van der Waals surface area contributed by atoms with E-state index in [1.54, 1.807) is 0 Å². The number of carbonyl (C=O) groups is 1. The predicted octanol–water partition coefficient (Wildman–Crippen LogP) is 2.72. The van der Waals surface area contributed by atoms with Gasteiger partial charge in [-0.3, -0.25) is 4.79 Å². The van der Waals surface area contributed by atoms with Crippen LogP contribution in [0.2, 0.25) is 19.6 Å². The number of ether oxygens (including phenoxy) is 1. The second kappa shape index (κ2) is 4.52. The van der Waals surface area contributed by atoms with Crippen molar-refractivity contribution in [2.75, 3.05) is 7.11 Å². The molecule has 1 aromatic rings. The molecule has 0 radical (unpaired) electrons. The molecule has 98 valence electrons. The second-order valence-electron chi connectivity index (χ2n) is 5.75. The van der Waals surface area contributed by atoms with Gasteiger partial charge in [-0.15, -0.1) is 0 Å². The summed E-state index contributed by atoms with van der Waals surface area (Å²) < 4.78 is 11.1. The maximum Gasteiger partial charge on any atom is 0.319 e. The van der Waals surface area contributed by atoms with Gasteiger partial charge in [0.25, 0.3) is 0 Å². The lowest BCUT2D eigenvalue weighted by molar-refractivity contribution is -0.144. The molecule has 0 saturated heterocycles. The van der Waals surface area contributed by atoms with Crippen LogP contribution in [-0.2, 0) is 19.4 Å². The first kappa shape index (κ1) is 13.3. The standard InChI is InChI=1S/C14H20O3Si/c1-16-13(15)14(11-8-6-5-7-9-11)10-12(14)17-18(2,3)4/h5-9,12H,10H2,1-4H3. The maximum absolute atomic E-state index is 12.1. The highest BCUT2D eigenvalue weighted by Gasteiger charge is 2.64. The number of methoxy groups -OCH3 is 1. The number of hydrogen-bond donors (Lipinski definition) is 0. The summed E-state index contributed by atoms with van der Waals surface area (Å²) in [5, 5.41) is 0. The van der Waals surface area contributed by atoms with Crippen LogP contribution in [0.3, 0.4) is 0 Å². The van der Waals surface area contributed by atoms with Gasteiger partial charge in [0, 0.05) is 0 Å². The fourth-order valence-electron chi connectivity index (χ4n) is 2.36. The summed E-state index contributed by atoms with van der Waals surface area (Å²) in [5.74, 6) is -0.183. The number of carbonyl (C=O) groups excluding carboxylic acids is 1. The molecule has 18 heavy (non-hydrogen) atoms. The quantitative estimate of drug-likeness (QED) is 0.619. The van der Waals surface area contributed by atoms with Crippen LogP contribution in [0.4, 0.5) is 0 Å². The van der Waals surface area contributed by atoms with Crippen molar-refractivity contribution in [3.63, 3.8) is 0 Å². The molecule has 0 N–H and O–H groups in total. The largest absolute Gasteiger partial charge is 0.468 e. The van der Waals surface area contributed by atoms with Crippen LogP contribution in [0.25, 0.3) is 0 Å². The normalized spacial score (nSPS) is 26.8. The third-order valence-electron chi connectivity index (χ3n) is 3.23. The van der Waals surface area contributed by atoms with Gasteiger partial charge in [0.1, 0.15) is 5.41 Å². The van der Waals surface area contributed by atoms with Gasteiger partial charge in [-0.2, -0.15) is 0 Å². The number of hydrogen-bond acceptors (Lipinski definition) is 3. The van der Waals surface area contributed by atoms with Crippen LogP contribution in [0.15, 0.2) is 30.3 Å². The summed E-state index contributed by atoms with van der Waals surface area (Å²) in [7, 11) is -0.205. The van der Waals surface area contributed by atoms with Gasteiger partial charge in [-0.05, 0) is 31.6 Å². The maximum atomic E-state index is 12.1. The van der Waals surface area contributed by atoms with E-state index in [0.29, 0.717) is 0 Å². The fourth-order valence-corrected chi connectivity index (χ4v) is 3.49. The molecule has 0 spiro atoms. The molecular formula is C14H20O3Si. The third kappa shape index (κ3) is 2.35. The summed E-state index contributed by atoms with van der Waals surface area (Å²) in [6.45, 7) is 6.41. The highest BCUT2D eigenvalue weighted by Crippen LogP contribution is 2.52. The average molecular weight is 264 g/mol. The van der Waals surface area contributed by atoms with Crippen LogP contribution in [0, 0.1) is 0 Å². The first-order chi connectivity index (χ1) is 8.40. The Kier molecular flexibility index (Phi) is 3.34. The highest BCUT2D eigenvalue weighted by atomic mass is 28.4. The van der Waals surface area contributed by atoms with Gasteiger partial charge in [-0.1, -0.05) is 30.3 Å². The summed E-state index contributed by atoms with van der Waals surface area (Å²) in [4.78, 5) is 12.1. The van der Waals surface area contributed by atoms with Crippen LogP contribution >= 0.6 is 0 Å². The van der Waals surface area contributed by atoms with E-state index < -0.39 is 13.7 Å². The van der Waals surface area contributed by atoms with Gasteiger partial charge in [0.2, 0.25) is 0 Å². The number of benzene rings is 1. The summed E-state index contributed by atoms with van der Waals surface area (Å²) in [6.07, 6.45) is 0.701. The Labute approximate surface area is 109 Å². The first-order valence-corrected chi connectivity index (χ1v) is 9.63. The van der Waals surface area contributed by atoms with E-state index in [4.69, 9.17) is 9.16 Å². The molecular weight excluding hydrogens is 244 g/mol. The minimum atomic E-state index is -1.65. The molecule has 0 aliphatic heterocycles. The molecule has 0 amide bonds. The van der Waals surface area contributed by atoms with Crippen molar-refractivity contribution in [3.8, 4) is 0 Å². The Morgan fingerprint density at radius 1 is 1.28 bits per heavy atom. The Morgan fingerprint density at radius 3 is 2.39 bits per heavy atom. The van der Waals surface area contributed by atoms with Crippen molar-refractivity contribution in [2.45, 2.75) is 37.6 Å². The fraction of sp³-hybridized carbons (Fsp3) is 0.500. The molecule has 1 aliphatic carbocycles. The van der Waals surface area contributed by atoms with Gasteiger partial charge in [0.15, 0.2) is 8.32 Å². The van der Waals surface area contributed by atoms with Crippen molar-refractivity contribution < 1.29 is 14.0 Å². The van der Waals surface area contributed by atoms with Crippen LogP contribution in [-0.4, -0.2) is 27.5 Å². The summed E-state index contributed by atoms with van der Waals surface area (Å²) >= 11 is 0. The molecule has 2 atom stereocenters. The van der Waals surface area contributed by atoms with Crippen molar-refractivity contribution in [1.29, 1.82) is 0 Å². The Balaban J connectivity index is 2.27. The molecule has 3 nitrogen and oxygen atoms in total. The van der Waals surface area contributed by atoms with Crippen LogP contribution < -0.4 is 0 Å². The van der Waals surface area contributed by atoms with E-state index >= 15 is 0 Å². The van der Waals surface area contributed by atoms with Gasteiger partial charge >= 0.3 is 5.97 Å². The minimum Gasteiger partial charge on any atom is -0.468 e. The Hall–Kier alpha value is -1.13. The van der Waals surface area contributed by atoms with Crippen LogP contribution in [0.5, 0.6) is 0 Å². The van der Waals surface area contributed by atoms with E-state index in [0.717, 1.165) is 12.0 Å².